The van der Waals surface area contributed by atoms with Gasteiger partial charge in [0.1, 0.15) is 11.4 Å². The molecule has 0 atom stereocenters. The lowest BCUT2D eigenvalue weighted by Gasteiger charge is -2.06. The first kappa shape index (κ1) is 16.8. The Labute approximate surface area is 154 Å². The van der Waals surface area contributed by atoms with Gasteiger partial charge in [0.15, 0.2) is 6.61 Å². The van der Waals surface area contributed by atoms with Crippen molar-refractivity contribution in [1.29, 1.82) is 0 Å². The average Bonchev–Trinajstić information content (AvgIpc) is 3.25. The van der Waals surface area contributed by atoms with Crippen LogP contribution in [0.25, 0.3) is 22.4 Å². The third kappa shape index (κ3) is 3.64. The van der Waals surface area contributed by atoms with E-state index in [0.717, 1.165) is 16.5 Å². The zero-order valence-corrected chi connectivity index (χ0v) is 14.8. The van der Waals surface area contributed by atoms with Gasteiger partial charge in [0, 0.05) is 7.05 Å². The number of aromatic nitrogens is 4. The Kier molecular flexibility index (Phi) is 4.29. The molecule has 8 nitrogen and oxygen atoms in total. The summed E-state index contributed by atoms with van der Waals surface area (Å²) in [6, 6.07) is 15.4. The van der Waals surface area contributed by atoms with Crippen molar-refractivity contribution < 1.29 is 13.9 Å². The molecule has 1 amide bonds. The first-order valence-corrected chi connectivity index (χ1v) is 8.34. The van der Waals surface area contributed by atoms with Crippen LogP contribution in [0.4, 0.5) is 6.01 Å². The highest BCUT2D eigenvalue weighted by molar-refractivity contribution is 5.90. The maximum Gasteiger partial charge on any atom is 0.322 e. The minimum Gasteiger partial charge on any atom is -0.484 e. The number of benzene rings is 2. The molecule has 0 aliphatic rings. The molecule has 2 heterocycles. The van der Waals surface area contributed by atoms with Gasteiger partial charge in [0.25, 0.3) is 11.8 Å². The minimum absolute atomic E-state index is 0.0102. The monoisotopic (exact) mass is 363 g/mol. The molecular formula is C19H17N5O3. The minimum atomic E-state index is -0.389. The zero-order valence-electron chi connectivity index (χ0n) is 14.8. The predicted octanol–water partition coefficient (Wildman–Crippen LogP) is 2.95. The Morgan fingerprint density at radius 1 is 1.15 bits per heavy atom. The fourth-order valence-corrected chi connectivity index (χ4v) is 2.75. The maximum atomic E-state index is 12.1. The van der Waals surface area contributed by atoms with Crippen LogP contribution in [0.3, 0.4) is 0 Å². The van der Waals surface area contributed by atoms with E-state index in [4.69, 9.17) is 9.15 Å². The Hall–Kier alpha value is -3.68. The average molecular weight is 363 g/mol. The van der Waals surface area contributed by atoms with Crippen molar-refractivity contribution in [2.24, 2.45) is 7.05 Å². The summed E-state index contributed by atoms with van der Waals surface area (Å²) >= 11 is 0. The first-order valence-electron chi connectivity index (χ1n) is 8.34. The van der Waals surface area contributed by atoms with Gasteiger partial charge in [-0.25, -0.2) is 0 Å². The number of hydrogen-bond donors (Lipinski definition) is 1. The van der Waals surface area contributed by atoms with Gasteiger partial charge in [-0.15, -0.1) is 5.10 Å². The lowest BCUT2D eigenvalue weighted by atomic mass is 10.1. The zero-order chi connectivity index (χ0) is 18.8. The predicted molar refractivity (Wildman–Crippen MR) is 99.3 cm³/mol. The van der Waals surface area contributed by atoms with Crippen molar-refractivity contribution in [2.45, 2.75) is 6.92 Å². The van der Waals surface area contributed by atoms with Gasteiger partial charge in [0.2, 0.25) is 0 Å². The first-order chi connectivity index (χ1) is 13.1. The molecule has 0 saturated heterocycles. The van der Waals surface area contributed by atoms with E-state index in [9.17, 15) is 4.79 Å². The topological polar surface area (TPSA) is 95.1 Å². The third-order valence-corrected chi connectivity index (χ3v) is 3.98. The Morgan fingerprint density at radius 2 is 1.96 bits per heavy atom. The van der Waals surface area contributed by atoms with Crippen molar-refractivity contribution in [2.75, 3.05) is 11.9 Å². The number of amides is 1. The molecule has 2 aromatic heterocycles. The molecule has 0 aliphatic carbocycles. The van der Waals surface area contributed by atoms with E-state index >= 15 is 0 Å². The molecule has 0 fully saturated rings. The number of hydrogen-bond acceptors (Lipinski definition) is 6. The molecule has 136 valence electrons. The van der Waals surface area contributed by atoms with E-state index in [-0.39, 0.29) is 24.4 Å². The van der Waals surface area contributed by atoms with E-state index in [1.165, 1.54) is 0 Å². The van der Waals surface area contributed by atoms with Crippen LogP contribution in [0.1, 0.15) is 5.69 Å². The van der Waals surface area contributed by atoms with E-state index in [1.54, 1.807) is 11.7 Å². The van der Waals surface area contributed by atoms with Crippen LogP contribution in [0.5, 0.6) is 5.75 Å². The summed E-state index contributed by atoms with van der Waals surface area (Å²) in [5.41, 5.74) is 1.51. The lowest BCUT2D eigenvalue weighted by Crippen LogP contribution is -2.20. The highest BCUT2D eigenvalue weighted by Gasteiger charge is 2.15. The van der Waals surface area contributed by atoms with Crippen LogP contribution in [0.2, 0.25) is 0 Å². The highest BCUT2D eigenvalue weighted by Crippen LogP contribution is 2.21. The smallest absolute Gasteiger partial charge is 0.322 e. The molecule has 0 spiro atoms. The summed E-state index contributed by atoms with van der Waals surface area (Å²) < 4.78 is 12.7. The molecule has 4 aromatic rings. The van der Waals surface area contributed by atoms with Crippen LogP contribution in [0, 0.1) is 6.92 Å². The van der Waals surface area contributed by atoms with Gasteiger partial charge >= 0.3 is 6.01 Å². The molecular weight excluding hydrogens is 346 g/mol. The van der Waals surface area contributed by atoms with Crippen LogP contribution in [-0.4, -0.2) is 32.5 Å². The second-order valence-electron chi connectivity index (χ2n) is 6.05. The van der Waals surface area contributed by atoms with E-state index in [1.807, 2.05) is 55.5 Å². The van der Waals surface area contributed by atoms with Crippen molar-refractivity contribution in [3.8, 4) is 17.3 Å². The summed E-state index contributed by atoms with van der Waals surface area (Å²) in [6.45, 7) is 1.70. The van der Waals surface area contributed by atoms with Gasteiger partial charge in [-0.1, -0.05) is 35.4 Å². The molecule has 0 unspecified atom stereocenters. The SMILES string of the molecule is Cc1cc(-c2nnc(NC(=O)COc3ccc4ccccc4c3)o2)n(C)n1. The molecule has 0 saturated carbocycles. The quantitative estimate of drug-likeness (QED) is 0.586. The van der Waals surface area contributed by atoms with Gasteiger partial charge in [-0.3, -0.25) is 14.8 Å². The Balaban J connectivity index is 1.38. The second kappa shape index (κ2) is 6.91. The van der Waals surface area contributed by atoms with Crippen LogP contribution < -0.4 is 10.1 Å². The maximum absolute atomic E-state index is 12.1. The van der Waals surface area contributed by atoms with Crippen molar-refractivity contribution in [3.63, 3.8) is 0 Å². The fraction of sp³-hybridized carbons (Fsp3) is 0.158. The summed E-state index contributed by atoms with van der Waals surface area (Å²) in [4.78, 5) is 12.1. The van der Waals surface area contributed by atoms with Crippen LogP contribution in [0.15, 0.2) is 52.9 Å². The Bertz CT molecular complexity index is 1120. The lowest BCUT2D eigenvalue weighted by molar-refractivity contribution is -0.118. The summed E-state index contributed by atoms with van der Waals surface area (Å²) in [7, 11) is 1.78. The molecule has 2 aromatic carbocycles. The second-order valence-corrected chi connectivity index (χ2v) is 6.05. The number of nitrogens with zero attached hydrogens (tertiary/aromatic N) is 4. The molecule has 8 heteroatoms. The van der Waals surface area contributed by atoms with E-state index < -0.39 is 0 Å². The van der Waals surface area contributed by atoms with Crippen molar-refractivity contribution in [3.05, 3.63) is 54.2 Å². The highest BCUT2D eigenvalue weighted by atomic mass is 16.5. The molecule has 0 aliphatic heterocycles. The van der Waals surface area contributed by atoms with Crippen molar-refractivity contribution >= 4 is 22.7 Å². The fourth-order valence-electron chi connectivity index (χ4n) is 2.75. The normalized spacial score (nSPS) is 10.9. The van der Waals surface area contributed by atoms with Crippen molar-refractivity contribution in [1.82, 2.24) is 20.0 Å². The van der Waals surface area contributed by atoms with Gasteiger partial charge in [0.05, 0.1) is 5.69 Å². The Morgan fingerprint density at radius 3 is 2.74 bits per heavy atom. The number of ether oxygens (including phenoxy) is 1. The number of nitrogens with one attached hydrogen (secondary N) is 1. The number of anilines is 1. The molecule has 0 radical (unpaired) electrons. The number of carbonyl (C=O) groups is 1. The van der Waals surface area contributed by atoms with Gasteiger partial charge in [-0.05, 0) is 35.9 Å². The standard InChI is InChI=1S/C19H17N5O3/c1-12-9-16(24(2)23-12)18-21-22-19(27-18)20-17(25)11-26-15-8-7-13-5-3-4-6-14(13)10-15/h3-10H,11H2,1-2H3,(H,20,22,25). The van der Waals surface area contributed by atoms with Crippen LogP contribution >= 0.6 is 0 Å². The molecule has 0 bridgehead atoms. The largest absolute Gasteiger partial charge is 0.484 e. The molecule has 4 rings (SSSR count). The van der Waals surface area contributed by atoms with E-state index in [2.05, 4.69) is 20.6 Å². The molecule has 1 N–H and O–H groups in total. The third-order valence-electron chi connectivity index (χ3n) is 3.98. The van der Waals surface area contributed by atoms with Gasteiger partial charge < -0.3 is 9.15 Å². The number of carbonyl (C=O) groups excluding carboxylic acids is 1. The van der Waals surface area contributed by atoms with Gasteiger partial charge in [-0.2, -0.15) is 5.10 Å². The van der Waals surface area contributed by atoms with Crippen LogP contribution in [-0.2, 0) is 11.8 Å². The summed E-state index contributed by atoms with van der Waals surface area (Å²) in [5, 5.41) is 16.7. The number of aryl methyl sites for hydroxylation is 2. The number of fused-ring (bicyclic) bond motifs is 1. The summed E-state index contributed by atoms with van der Waals surface area (Å²) in [6.07, 6.45) is 0. The molecule has 27 heavy (non-hydrogen) atoms. The van der Waals surface area contributed by atoms with E-state index in [0.29, 0.717) is 11.4 Å². The number of rotatable bonds is 5. The summed E-state index contributed by atoms with van der Waals surface area (Å²) in [5.74, 6) is 0.504.